The fraction of sp³-hybridized carbons (Fsp3) is 0.200. The van der Waals surface area contributed by atoms with E-state index < -0.39 is 11.5 Å². The average molecular weight is 146 g/mol. The smallest absolute Gasteiger partial charge is 0.347 e. The summed E-state index contributed by atoms with van der Waals surface area (Å²) >= 11 is 5.22. The van der Waals surface area contributed by atoms with E-state index in [2.05, 4.69) is 0 Å². The monoisotopic (exact) mass is 145 g/mol. The van der Waals surface area contributed by atoms with E-state index in [1.165, 1.54) is 13.0 Å². The molecular formula is C5H4ClNO2. The summed E-state index contributed by atoms with van der Waals surface area (Å²) in [4.78, 5) is 10.0. The summed E-state index contributed by atoms with van der Waals surface area (Å²) in [6.07, 6.45) is 0. The Bertz CT molecular complexity index is 197. The SMILES string of the molecule is CC(Cl)=C(C#N)C(=O)O. The van der Waals surface area contributed by atoms with Crippen molar-refractivity contribution in [2.75, 3.05) is 0 Å². The molecule has 0 bridgehead atoms. The third kappa shape index (κ3) is 2.15. The first kappa shape index (κ1) is 7.99. The summed E-state index contributed by atoms with van der Waals surface area (Å²) in [7, 11) is 0. The van der Waals surface area contributed by atoms with Gasteiger partial charge in [-0.2, -0.15) is 5.26 Å². The number of carboxylic acid groups (broad SMARTS) is 1. The lowest BCUT2D eigenvalue weighted by molar-refractivity contribution is -0.132. The Balaban J connectivity index is 4.62. The lowest BCUT2D eigenvalue weighted by Crippen LogP contribution is -1.98. The number of aliphatic carboxylic acids is 1. The van der Waals surface area contributed by atoms with Gasteiger partial charge in [0.05, 0.1) is 0 Å². The van der Waals surface area contributed by atoms with Gasteiger partial charge in [-0.05, 0) is 6.92 Å². The number of rotatable bonds is 1. The van der Waals surface area contributed by atoms with Crippen LogP contribution < -0.4 is 0 Å². The van der Waals surface area contributed by atoms with Crippen molar-refractivity contribution in [1.82, 2.24) is 0 Å². The van der Waals surface area contributed by atoms with Gasteiger partial charge in [0.25, 0.3) is 0 Å². The molecule has 0 aromatic heterocycles. The van der Waals surface area contributed by atoms with Crippen molar-refractivity contribution in [1.29, 1.82) is 5.26 Å². The highest BCUT2D eigenvalue weighted by molar-refractivity contribution is 6.31. The van der Waals surface area contributed by atoms with E-state index in [0.717, 1.165) is 0 Å². The number of allylic oxidation sites excluding steroid dienone is 1. The minimum atomic E-state index is -1.29. The van der Waals surface area contributed by atoms with Gasteiger partial charge in [-0.3, -0.25) is 0 Å². The summed E-state index contributed by atoms with van der Waals surface area (Å²) in [6.45, 7) is 1.36. The number of hydrogen-bond donors (Lipinski definition) is 1. The highest BCUT2D eigenvalue weighted by Crippen LogP contribution is 2.06. The summed E-state index contributed by atoms with van der Waals surface area (Å²) in [5, 5.41) is 16.3. The molecule has 1 N–H and O–H groups in total. The second-order valence-electron chi connectivity index (χ2n) is 1.33. The van der Waals surface area contributed by atoms with E-state index >= 15 is 0 Å². The van der Waals surface area contributed by atoms with Crippen LogP contribution in [0.2, 0.25) is 0 Å². The van der Waals surface area contributed by atoms with Crippen LogP contribution in [0.25, 0.3) is 0 Å². The Morgan fingerprint density at radius 2 is 2.22 bits per heavy atom. The molecule has 9 heavy (non-hydrogen) atoms. The normalized spacial score (nSPS) is 11.7. The number of hydrogen-bond acceptors (Lipinski definition) is 2. The summed E-state index contributed by atoms with van der Waals surface area (Å²) in [5.41, 5.74) is -0.406. The summed E-state index contributed by atoms with van der Waals surface area (Å²) in [6, 6.07) is 1.45. The van der Waals surface area contributed by atoms with Crippen molar-refractivity contribution in [3.8, 4) is 6.07 Å². The molecule has 0 spiro atoms. The van der Waals surface area contributed by atoms with Gasteiger partial charge in [0, 0.05) is 5.03 Å². The topological polar surface area (TPSA) is 61.1 Å². The highest BCUT2D eigenvalue weighted by Gasteiger charge is 2.07. The van der Waals surface area contributed by atoms with Gasteiger partial charge in [-0.1, -0.05) is 11.6 Å². The predicted octanol–water partition coefficient (Wildman–Crippen LogP) is 1.11. The van der Waals surface area contributed by atoms with E-state index in [1.54, 1.807) is 0 Å². The van der Waals surface area contributed by atoms with Gasteiger partial charge in [-0.25, -0.2) is 4.79 Å². The van der Waals surface area contributed by atoms with Crippen LogP contribution in [0.4, 0.5) is 0 Å². The zero-order valence-electron chi connectivity index (χ0n) is 4.68. The third-order valence-corrected chi connectivity index (χ3v) is 0.859. The number of carbonyl (C=O) groups is 1. The molecule has 0 radical (unpaired) electrons. The molecule has 48 valence electrons. The largest absolute Gasteiger partial charge is 0.477 e. The first-order valence-corrected chi connectivity index (χ1v) is 2.47. The maximum Gasteiger partial charge on any atom is 0.347 e. The van der Waals surface area contributed by atoms with Crippen LogP contribution in [0.15, 0.2) is 10.6 Å². The second-order valence-corrected chi connectivity index (χ2v) is 1.89. The number of halogens is 1. The Labute approximate surface area is 57.2 Å². The first-order valence-electron chi connectivity index (χ1n) is 2.09. The Kier molecular flexibility index (Phi) is 2.75. The summed E-state index contributed by atoms with van der Waals surface area (Å²) in [5.74, 6) is -1.29. The molecule has 0 atom stereocenters. The predicted molar refractivity (Wildman–Crippen MR) is 31.8 cm³/mol. The zero-order valence-corrected chi connectivity index (χ0v) is 5.44. The molecule has 0 aromatic carbocycles. The van der Waals surface area contributed by atoms with Crippen molar-refractivity contribution >= 4 is 17.6 Å². The van der Waals surface area contributed by atoms with Crippen molar-refractivity contribution < 1.29 is 9.90 Å². The molecule has 0 unspecified atom stereocenters. The van der Waals surface area contributed by atoms with Crippen LogP contribution in [0.1, 0.15) is 6.92 Å². The van der Waals surface area contributed by atoms with Gasteiger partial charge in [0.1, 0.15) is 6.07 Å². The molecule has 0 rings (SSSR count). The molecule has 0 aliphatic heterocycles. The van der Waals surface area contributed by atoms with Crippen molar-refractivity contribution in [3.63, 3.8) is 0 Å². The van der Waals surface area contributed by atoms with Crippen LogP contribution in [0.3, 0.4) is 0 Å². The van der Waals surface area contributed by atoms with E-state index in [4.69, 9.17) is 22.0 Å². The van der Waals surface area contributed by atoms with Gasteiger partial charge in [-0.15, -0.1) is 0 Å². The van der Waals surface area contributed by atoms with Gasteiger partial charge >= 0.3 is 5.97 Å². The number of nitrogens with zero attached hydrogens (tertiary/aromatic N) is 1. The minimum Gasteiger partial charge on any atom is -0.477 e. The number of carboxylic acids is 1. The molecule has 0 heterocycles. The van der Waals surface area contributed by atoms with Crippen LogP contribution in [-0.4, -0.2) is 11.1 Å². The van der Waals surface area contributed by atoms with Crippen LogP contribution >= 0.6 is 11.6 Å². The van der Waals surface area contributed by atoms with E-state index in [-0.39, 0.29) is 5.03 Å². The maximum atomic E-state index is 10.0. The molecule has 3 nitrogen and oxygen atoms in total. The van der Waals surface area contributed by atoms with E-state index in [0.29, 0.717) is 0 Å². The standard InChI is InChI=1S/C5H4ClNO2/c1-3(6)4(2-7)5(8)9/h1H3,(H,8,9). The fourth-order valence-electron chi connectivity index (χ4n) is 0.272. The molecule has 0 aliphatic carbocycles. The zero-order chi connectivity index (χ0) is 7.44. The molecule has 0 fully saturated rings. The number of nitriles is 1. The lowest BCUT2D eigenvalue weighted by atomic mass is 10.3. The Hall–Kier alpha value is -1.01. The molecule has 0 saturated heterocycles. The lowest BCUT2D eigenvalue weighted by Gasteiger charge is -1.87. The van der Waals surface area contributed by atoms with Crippen molar-refractivity contribution in [3.05, 3.63) is 10.6 Å². The minimum absolute atomic E-state index is 0.00463. The molecule has 0 amide bonds. The van der Waals surface area contributed by atoms with Crippen molar-refractivity contribution in [2.24, 2.45) is 0 Å². The van der Waals surface area contributed by atoms with Crippen LogP contribution in [0, 0.1) is 11.3 Å². The quantitative estimate of drug-likeness (QED) is 0.444. The highest BCUT2D eigenvalue weighted by atomic mass is 35.5. The van der Waals surface area contributed by atoms with Gasteiger partial charge in [0.2, 0.25) is 0 Å². The van der Waals surface area contributed by atoms with Gasteiger partial charge < -0.3 is 5.11 Å². The molecular weight excluding hydrogens is 142 g/mol. The Morgan fingerprint density at radius 3 is 2.22 bits per heavy atom. The third-order valence-electron chi connectivity index (χ3n) is 0.670. The Morgan fingerprint density at radius 1 is 1.78 bits per heavy atom. The maximum absolute atomic E-state index is 10.0. The van der Waals surface area contributed by atoms with E-state index in [1.807, 2.05) is 0 Å². The van der Waals surface area contributed by atoms with Crippen LogP contribution in [-0.2, 0) is 4.79 Å². The fourth-order valence-corrected chi connectivity index (χ4v) is 0.395. The second kappa shape index (κ2) is 3.10. The molecule has 0 saturated carbocycles. The summed E-state index contributed by atoms with van der Waals surface area (Å²) < 4.78 is 0. The molecule has 4 heteroatoms. The molecule has 0 aliphatic rings. The van der Waals surface area contributed by atoms with Crippen LogP contribution in [0.5, 0.6) is 0 Å². The molecule has 0 aromatic rings. The van der Waals surface area contributed by atoms with Gasteiger partial charge in [0.15, 0.2) is 5.57 Å². The van der Waals surface area contributed by atoms with E-state index in [9.17, 15) is 4.79 Å². The van der Waals surface area contributed by atoms with Crippen molar-refractivity contribution in [2.45, 2.75) is 6.92 Å². The first-order chi connectivity index (χ1) is 4.09. The average Bonchev–Trinajstić information content (AvgIpc) is 1.64.